The molecule has 1 saturated heterocycles. The molecule has 2 rings (SSSR count). The van der Waals surface area contributed by atoms with E-state index in [0.717, 1.165) is 19.5 Å². The van der Waals surface area contributed by atoms with Gasteiger partial charge in [-0.25, -0.2) is 4.79 Å². The molecule has 1 heterocycles. The highest BCUT2D eigenvalue weighted by Crippen LogP contribution is 2.21. The Labute approximate surface area is 106 Å². The maximum absolute atomic E-state index is 12.0. The summed E-state index contributed by atoms with van der Waals surface area (Å²) in [6, 6.07) is 7.55. The summed E-state index contributed by atoms with van der Waals surface area (Å²) in [7, 11) is 1.92. The molecule has 1 atom stereocenters. The number of amides is 2. The van der Waals surface area contributed by atoms with Gasteiger partial charge in [0, 0.05) is 19.1 Å². The molecule has 1 aliphatic rings. The van der Waals surface area contributed by atoms with Gasteiger partial charge in [-0.3, -0.25) is 0 Å². The van der Waals surface area contributed by atoms with Gasteiger partial charge in [0.1, 0.15) is 0 Å². The molecule has 17 heavy (non-hydrogen) atoms. The van der Waals surface area contributed by atoms with E-state index in [2.05, 4.69) is 10.6 Å². The summed E-state index contributed by atoms with van der Waals surface area (Å²) in [6.07, 6.45) is 0.993. The van der Waals surface area contributed by atoms with E-state index in [0.29, 0.717) is 16.8 Å². The van der Waals surface area contributed by atoms with Gasteiger partial charge in [-0.1, -0.05) is 23.7 Å². The average Bonchev–Trinajstić information content (AvgIpc) is 2.81. The zero-order valence-electron chi connectivity index (χ0n) is 9.74. The highest BCUT2D eigenvalue weighted by Gasteiger charge is 2.25. The van der Waals surface area contributed by atoms with Crippen LogP contribution in [0, 0.1) is 0 Å². The lowest BCUT2D eigenvalue weighted by molar-refractivity contribution is 0.221. The van der Waals surface area contributed by atoms with Crippen LogP contribution in [0.5, 0.6) is 0 Å². The van der Waals surface area contributed by atoms with Crippen LogP contribution in [0.3, 0.4) is 0 Å². The first-order chi connectivity index (χ1) is 8.20. The van der Waals surface area contributed by atoms with Gasteiger partial charge in [-0.05, 0) is 25.6 Å². The number of carbonyl (C=O) groups is 1. The van der Waals surface area contributed by atoms with Crippen LogP contribution in [0.25, 0.3) is 0 Å². The number of benzene rings is 1. The molecule has 2 N–H and O–H groups in total. The molecule has 0 aromatic heterocycles. The minimum Gasteiger partial charge on any atom is -0.323 e. The average molecular weight is 254 g/mol. The molecule has 1 aromatic carbocycles. The molecular formula is C12H16ClN3O. The van der Waals surface area contributed by atoms with E-state index < -0.39 is 0 Å². The quantitative estimate of drug-likeness (QED) is 0.849. The van der Waals surface area contributed by atoms with Gasteiger partial charge in [0.25, 0.3) is 0 Å². The molecular weight excluding hydrogens is 238 g/mol. The van der Waals surface area contributed by atoms with E-state index in [9.17, 15) is 4.79 Å². The summed E-state index contributed by atoms with van der Waals surface area (Å²) in [5.74, 6) is 0. The van der Waals surface area contributed by atoms with Gasteiger partial charge in [0.2, 0.25) is 0 Å². The van der Waals surface area contributed by atoms with Crippen molar-refractivity contribution in [1.82, 2.24) is 10.2 Å². The minimum atomic E-state index is -0.0872. The molecule has 1 aromatic rings. The SMILES string of the molecule is CNC1CCN(C(=O)Nc2ccccc2Cl)C1. The Morgan fingerprint density at radius 3 is 2.88 bits per heavy atom. The van der Waals surface area contributed by atoms with Crippen molar-refractivity contribution >= 4 is 23.3 Å². The van der Waals surface area contributed by atoms with Crippen LogP contribution >= 0.6 is 11.6 Å². The fourth-order valence-electron chi connectivity index (χ4n) is 1.94. The van der Waals surface area contributed by atoms with Crippen LogP contribution in [-0.4, -0.2) is 37.1 Å². The highest BCUT2D eigenvalue weighted by atomic mass is 35.5. The van der Waals surface area contributed by atoms with Crippen LogP contribution in [0.4, 0.5) is 10.5 Å². The van der Waals surface area contributed by atoms with Gasteiger partial charge in [0.05, 0.1) is 10.7 Å². The summed E-state index contributed by atoms with van der Waals surface area (Å²) < 4.78 is 0. The van der Waals surface area contributed by atoms with E-state index in [1.807, 2.05) is 19.2 Å². The number of urea groups is 1. The fraction of sp³-hybridized carbons (Fsp3) is 0.417. The van der Waals surface area contributed by atoms with Crippen LogP contribution < -0.4 is 10.6 Å². The van der Waals surface area contributed by atoms with Crippen molar-refractivity contribution in [3.05, 3.63) is 29.3 Å². The molecule has 4 nitrogen and oxygen atoms in total. The number of para-hydroxylation sites is 1. The van der Waals surface area contributed by atoms with Crippen molar-refractivity contribution in [1.29, 1.82) is 0 Å². The van der Waals surface area contributed by atoms with E-state index >= 15 is 0 Å². The molecule has 5 heteroatoms. The first-order valence-corrected chi connectivity index (χ1v) is 6.06. The molecule has 1 aliphatic heterocycles. The summed E-state index contributed by atoms with van der Waals surface area (Å²) in [6.45, 7) is 1.52. The van der Waals surface area contributed by atoms with Crippen molar-refractivity contribution in [2.24, 2.45) is 0 Å². The number of hydrogen-bond acceptors (Lipinski definition) is 2. The predicted molar refractivity (Wildman–Crippen MR) is 69.5 cm³/mol. The topological polar surface area (TPSA) is 44.4 Å². The lowest BCUT2D eigenvalue weighted by Gasteiger charge is -2.17. The second-order valence-corrected chi connectivity index (χ2v) is 4.54. The van der Waals surface area contributed by atoms with E-state index in [1.54, 1.807) is 17.0 Å². The van der Waals surface area contributed by atoms with Crippen LogP contribution in [0.15, 0.2) is 24.3 Å². The van der Waals surface area contributed by atoms with Gasteiger partial charge >= 0.3 is 6.03 Å². The third-order valence-electron chi connectivity index (χ3n) is 3.00. The largest absolute Gasteiger partial charge is 0.323 e. The van der Waals surface area contributed by atoms with Crippen molar-refractivity contribution < 1.29 is 4.79 Å². The third-order valence-corrected chi connectivity index (χ3v) is 3.33. The van der Waals surface area contributed by atoms with Gasteiger partial charge in [-0.2, -0.15) is 0 Å². The molecule has 0 aliphatic carbocycles. The number of rotatable bonds is 2. The minimum absolute atomic E-state index is 0.0872. The summed E-state index contributed by atoms with van der Waals surface area (Å²) in [5, 5.41) is 6.56. The van der Waals surface area contributed by atoms with Crippen LogP contribution in [-0.2, 0) is 0 Å². The number of likely N-dealkylation sites (tertiary alicyclic amines) is 1. The lowest BCUT2D eigenvalue weighted by Crippen LogP contribution is -2.36. The molecule has 1 fully saturated rings. The lowest BCUT2D eigenvalue weighted by atomic mass is 10.3. The first-order valence-electron chi connectivity index (χ1n) is 5.68. The Morgan fingerprint density at radius 1 is 1.47 bits per heavy atom. The van der Waals surface area contributed by atoms with Crippen molar-refractivity contribution in [2.45, 2.75) is 12.5 Å². The summed E-state index contributed by atoms with van der Waals surface area (Å²) in [4.78, 5) is 13.8. The number of hydrogen-bond donors (Lipinski definition) is 2. The number of anilines is 1. The third kappa shape index (κ3) is 2.90. The molecule has 0 bridgehead atoms. The fourth-order valence-corrected chi connectivity index (χ4v) is 2.12. The molecule has 1 unspecified atom stereocenters. The van der Waals surface area contributed by atoms with Crippen molar-refractivity contribution in [2.75, 3.05) is 25.5 Å². The van der Waals surface area contributed by atoms with Crippen LogP contribution in [0.2, 0.25) is 5.02 Å². The number of halogens is 1. The maximum Gasteiger partial charge on any atom is 0.321 e. The smallest absolute Gasteiger partial charge is 0.321 e. The Hall–Kier alpha value is -1.26. The highest BCUT2D eigenvalue weighted by molar-refractivity contribution is 6.33. The number of likely N-dealkylation sites (N-methyl/N-ethyl adjacent to an activating group) is 1. The normalized spacial score (nSPS) is 19.4. The molecule has 0 saturated carbocycles. The van der Waals surface area contributed by atoms with Gasteiger partial charge in [-0.15, -0.1) is 0 Å². The van der Waals surface area contributed by atoms with E-state index in [1.165, 1.54) is 0 Å². The Morgan fingerprint density at radius 2 is 2.24 bits per heavy atom. The van der Waals surface area contributed by atoms with Crippen molar-refractivity contribution in [3.8, 4) is 0 Å². The monoisotopic (exact) mass is 253 g/mol. The van der Waals surface area contributed by atoms with E-state index in [-0.39, 0.29) is 6.03 Å². The van der Waals surface area contributed by atoms with Gasteiger partial charge < -0.3 is 15.5 Å². The Bertz CT molecular complexity index is 410. The standard InChI is InChI=1S/C12H16ClN3O/c1-14-9-6-7-16(8-9)12(17)15-11-5-3-2-4-10(11)13/h2-5,9,14H,6-8H2,1H3,(H,15,17). The Kier molecular flexibility index (Phi) is 3.86. The summed E-state index contributed by atoms with van der Waals surface area (Å²) >= 11 is 5.99. The predicted octanol–water partition coefficient (Wildman–Crippen LogP) is 2.17. The maximum atomic E-state index is 12.0. The molecule has 0 radical (unpaired) electrons. The van der Waals surface area contributed by atoms with E-state index in [4.69, 9.17) is 11.6 Å². The second kappa shape index (κ2) is 5.38. The number of nitrogens with one attached hydrogen (secondary N) is 2. The second-order valence-electron chi connectivity index (χ2n) is 4.13. The molecule has 0 spiro atoms. The summed E-state index contributed by atoms with van der Waals surface area (Å²) in [5.41, 5.74) is 0.659. The first kappa shape index (κ1) is 12.2. The van der Waals surface area contributed by atoms with Crippen LogP contribution in [0.1, 0.15) is 6.42 Å². The number of carbonyl (C=O) groups excluding carboxylic acids is 1. The zero-order valence-corrected chi connectivity index (χ0v) is 10.5. The molecule has 92 valence electrons. The van der Waals surface area contributed by atoms with Crippen molar-refractivity contribution in [3.63, 3.8) is 0 Å². The number of nitrogens with zero attached hydrogens (tertiary/aromatic N) is 1. The Balaban J connectivity index is 1.96. The van der Waals surface area contributed by atoms with Gasteiger partial charge in [0.15, 0.2) is 0 Å². The zero-order chi connectivity index (χ0) is 12.3. The molecule has 2 amide bonds.